The standard InChI is InChI=1S/C22H16N6O/c29-21(26-22-24-18-10-4-5-11-19(18)25-22)17-14-28(16-8-2-1-3-9-16)27-20(17)15-7-6-12-23-13-15/h1-14H,(H2,24,25,26,29). The van der Waals surface area contributed by atoms with Gasteiger partial charge in [-0.15, -0.1) is 0 Å². The van der Waals surface area contributed by atoms with E-state index in [0.717, 1.165) is 22.3 Å². The summed E-state index contributed by atoms with van der Waals surface area (Å²) in [7, 11) is 0. The van der Waals surface area contributed by atoms with Gasteiger partial charge in [0.05, 0.1) is 22.3 Å². The van der Waals surface area contributed by atoms with Crippen LogP contribution in [0.15, 0.2) is 85.3 Å². The van der Waals surface area contributed by atoms with Crippen molar-refractivity contribution in [1.29, 1.82) is 0 Å². The molecule has 0 radical (unpaired) electrons. The van der Waals surface area contributed by atoms with Crippen molar-refractivity contribution in [3.05, 3.63) is 90.9 Å². The molecule has 0 spiro atoms. The molecule has 2 aromatic carbocycles. The molecule has 5 rings (SSSR count). The van der Waals surface area contributed by atoms with E-state index in [4.69, 9.17) is 0 Å². The monoisotopic (exact) mass is 380 g/mol. The molecule has 0 aliphatic carbocycles. The van der Waals surface area contributed by atoms with E-state index in [1.807, 2.05) is 66.7 Å². The number of imidazole rings is 1. The molecule has 0 unspecified atom stereocenters. The van der Waals surface area contributed by atoms with E-state index in [-0.39, 0.29) is 5.91 Å². The summed E-state index contributed by atoms with van der Waals surface area (Å²) in [6.45, 7) is 0. The molecule has 0 fully saturated rings. The zero-order chi connectivity index (χ0) is 19.6. The second-order valence-corrected chi connectivity index (χ2v) is 6.47. The number of nitrogens with one attached hydrogen (secondary N) is 2. The first-order chi connectivity index (χ1) is 14.3. The third-order valence-electron chi connectivity index (χ3n) is 4.54. The van der Waals surface area contributed by atoms with Crippen LogP contribution in [0.5, 0.6) is 0 Å². The number of benzene rings is 2. The van der Waals surface area contributed by atoms with Gasteiger partial charge in [0.2, 0.25) is 5.95 Å². The zero-order valence-electron chi connectivity index (χ0n) is 15.3. The van der Waals surface area contributed by atoms with Gasteiger partial charge in [-0.1, -0.05) is 30.3 Å². The SMILES string of the molecule is O=C(Nc1nc2ccccc2[nH]1)c1cn(-c2ccccc2)nc1-c1cccnc1. The van der Waals surface area contributed by atoms with Crippen LogP contribution in [-0.4, -0.2) is 30.6 Å². The van der Waals surface area contributed by atoms with Gasteiger partial charge < -0.3 is 4.98 Å². The molecule has 0 bridgehead atoms. The van der Waals surface area contributed by atoms with Crippen molar-refractivity contribution in [2.75, 3.05) is 5.32 Å². The quantitative estimate of drug-likeness (QED) is 0.492. The number of aromatic amines is 1. The van der Waals surface area contributed by atoms with E-state index >= 15 is 0 Å². The number of nitrogens with zero attached hydrogens (tertiary/aromatic N) is 4. The topological polar surface area (TPSA) is 88.5 Å². The van der Waals surface area contributed by atoms with Crippen molar-refractivity contribution in [3.8, 4) is 16.9 Å². The highest BCUT2D eigenvalue weighted by Crippen LogP contribution is 2.24. The third-order valence-corrected chi connectivity index (χ3v) is 4.54. The van der Waals surface area contributed by atoms with E-state index in [1.165, 1.54) is 0 Å². The Labute approximate surface area is 166 Å². The first-order valence-corrected chi connectivity index (χ1v) is 9.09. The Morgan fingerprint density at radius 3 is 2.59 bits per heavy atom. The number of aromatic nitrogens is 5. The summed E-state index contributed by atoms with van der Waals surface area (Å²) in [5.41, 5.74) is 4.25. The van der Waals surface area contributed by atoms with Crippen LogP contribution in [0.1, 0.15) is 10.4 Å². The fraction of sp³-hybridized carbons (Fsp3) is 0. The van der Waals surface area contributed by atoms with Crippen LogP contribution in [0, 0.1) is 0 Å². The zero-order valence-corrected chi connectivity index (χ0v) is 15.3. The molecule has 3 heterocycles. The molecule has 0 saturated heterocycles. The molecule has 0 aliphatic heterocycles. The molecular weight excluding hydrogens is 364 g/mol. The summed E-state index contributed by atoms with van der Waals surface area (Å²) in [5.74, 6) is 0.0888. The van der Waals surface area contributed by atoms with Crippen LogP contribution >= 0.6 is 0 Å². The maximum atomic E-state index is 13.1. The van der Waals surface area contributed by atoms with E-state index in [1.54, 1.807) is 23.3 Å². The van der Waals surface area contributed by atoms with Crippen molar-refractivity contribution < 1.29 is 4.79 Å². The van der Waals surface area contributed by atoms with Gasteiger partial charge in [0.1, 0.15) is 5.69 Å². The molecule has 7 nitrogen and oxygen atoms in total. The average Bonchev–Trinajstić information content (AvgIpc) is 3.39. The molecule has 140 valence electrons. The van der Waals surface area contributed by atoms with Gasteiger partial charge in [-0.25, -0.2) is 9.67 Å². The number of H-pyrrole nitrogens is 1. The van der Waals surface area contributed by atoms with Gasteiger partial charge in [0.15, 0.2) is 0 Å². The van der Waals surface area contributed by atoms with E-state index in [2.05, 4.69) is 25.4 Å². The van der Waals surface area contributed by atoms with Gasteiger partial charge in [0.25, 0.3) is 5.91 Å². The van der Waals surface area contributed by atoms with Crippen LogP contribution in [0.3, 0.4) is 0 Å². The summed E-state index contributed by atoms with van der Waals surface area (Å²) < 4.78 is 1.69. The number of pyridine rings is 1. The lowest BCUT2D eigenvalue weighted by molar-refractivity contribution is 0.102. The van der Waals surface area contributed by atoms with Crippen LogP contribution in [0.2, 0.25) is 0 Å². The maximum absolute atomic E-state index is 13.1. The molecule has 0 aliphatic rings. The third kappa shape index (κ3) is 3.25. The summed E-state index contributed by atoms with van der Waals surface area (Å²) in [6, 6.07) is 21.0. The van der Waals surface area contributed by atoms with Gasteiger partial charge in [-0.3, -0.25) is 15.1 Å². The first kappa shape index (κ1) is 16.9. The number of fused-ring (bicyclic) bond motifs is 1. The number of carbonyl (C=O) groups is 1. The van der Waals surface area contributed by atoms with Gasteiger partial charge in [0, 0.05) is 24.2 Å². The Balaban J connectivity index is 1.55. The number of anilines is 1. The predicted octanol–water partition coefficient (Wildman–Crippen LogP) is 4.06. The molecule has 5 aromatic rings. The normalized spacial score (nSPS) is 10.9. The molecule has 2 N–H and O–H groups in total. The summed E-state index contributed by atoms with van der Waals surface area (Å²) in [6.07, 6.45) is 5.09. The minimum absolute atomic E-state index is 0.301. The van der Waals surface area contributed by atoms with Crippen molar-refractivity contribution in [2.45, 2.75) is 0 Å². The molecule has 7 heteroatoms. The summed E-state index contributed by atoms with van der Waals surface area (Å²) in [4.78, 5) is 24.8. The second-order valence-electron chi connectivity index (χ2n) is 6.47. The Morgan fingerprint density at radius 2 is 1.79 bits per heavy atom. The largest absolute Gasteiger partial charge is 0.324 e. The lowest BCUT2D eigenvalue weighted by Gasteiger charge is -2.02. The summed E-state index contributed by atoms with van der Waals surface area (Å²) >= 11 is 0. The second kappa shape index (κ2) is 7.05. The average molecular weight is 380 g/mol. The molecule has 1 amide bonds. The van der Waals surface area contributed by atoms with Crippen molar-refractivity contribution in [1.82, 2.24) is 24.7 Å². The van der Waals surface area contributed by atoms with Crippen LogP contribution < -0.4 is 5.32 Å². The molecule has 0 saturated carbocycles. The fourth-order valence-electron chi connectivity index (χ4n) is 3.16. The van der Waals surface area contributed by atoms with E-state index in [9.17, 15) is 4.79 Å². The Kier molecular flexibility index (Phi) is 4.10. The smallest absolute Gasteiger partial charge is 0.261 e. The van der Waals surface area contributed by atoms with Crippen LogP contribution in [0.4, 0.5) is 5.95 Å². The molecule has 29 heavy (non-hydrogen) atoms. The highest BCUT2D eigenvalue weighted by atomic mass is 16.1. The minimum Gasteiger partial charge on any atom is -0.324 e. The Bertz CT molecular complexity index is 1260. The molecular formula is C22H16N6O. The summed E-state index contributed by atoms with van der Waals surface area (Å²) in [5, 5.41) is 7.48. The predicted molar refractivity (Wildman–Crippen MR) is 111 cm³/mol. The van der Waals surface area contributed by atoms with Crippen molar-refractivity contribution in [2.24, 2.45) is 0 Å². The van der Waals surface area contributed by atoms with Gasteiger partial charge in [-0.05, 0) is 36.4 Å². The van der Waals surface area contributed by atoms with Gasteiger partial charge >= 0.3 is 0 Å². The number of para-hydroxylation sites is 3. The fourth-order valence-corrected chi connectivity index (χ4v) is 3.16. The number of amides is 1. The molecule has 0 atom stereocenters. The lowest BCUT2D eigenvalue weighted by atomic mass is 10.1. The van der Waals surface area contributed by atoms with E-state index < -0.39 is 0 Å². The number of carbonyl (C=O) groups excluding carboxylic acids is 1. The first-order valence-electron chi connectivity index (χ1n) is 9.09. The van der Waals surface area contributed by atoms with Crippen molar-refractivity contribution >= 4 is 22.9 Å². The number of rotatable bonds is 4. The minimum atomic E-state index is -0.301. The number of hydrogen-bond donors (Lipinski definition) is 2. The van der Waals surface area contributed by atoms with Crippen LogP contribution in [0.25, 0.3) is 28.0 Å². The Morgan fingerprint density at radius 1 is 0.966 bits per heavy atom. The maximum Gasteiger partial charge on any atom is 0.261 e. The van der Waals surface area contributed by atoms with E-state index in [0.29, 0.717) is 17.2 Å². The van der Waals surface area contributed by atoms with Crippen LogP contribution in [-0.2, 0) is 0 Å². The highest BCUT2D eigenvalue weighted by Gasteiger charge is 2.20. The van der Waals surface area contributed by atoms with Crippen molar-refractivity contribution in [3.63, 3.8) is 0 Å². The number of hydrogen-bond acceptors (Lipinski definition) is 4. The molecule has 3 aromatic heterocycles. The lowest BCUT2D eigenvalue weighted by Crippen LogP contribution is -2.13. The highest BCUT2D eigenvalue weighted by molar-refractivity contribution is 6.07. The van der Waals surface area contributed by atoms with Gasteiger partial charge in [-0.2, -0.15) is 5.10 Å². The Hall–Kier alpha value is -4.26.